The maximum absolute atomic E-state index is 13.0. The largest absolute Gasteiger partial charge is 0.220 e. The van der Waals surface area contributed by atoms with Gasteiger partial charge in [0.25, 0.3) is 0 Å². The number of hydrogen-bond donors (Lipinski definition) is 0. The average molecular weight is 274 g/mol. The Balaban J connectivity index is 2.33. The quantitative estimate of drug-likeness (QED) is 0.798. The minimum Gasteiger partial charge on any atom is -0.220 e. The van der Waals surface area contributed by atoms with Crippen LogP contribution in [0.3, 0.4) is 0 Å². The van der Waals surface area contributed by atoms with E-state index in [2.05, 4.69) is 10.3 Å². The Morgan fingerprint density at radius 2 is 2.24 bits per heavy atom. The fourth-order valence-electron chi connectivity index (χ4n) is 1.38. The van der Waals surface area contributed by atoms with Gasteiger partial charge in [-0.2, -0.15) is 0 Å². The van der Waals surface area contributed by atoms with E-state index in [0.29, 0.717) is 11.4 Å². The van der Waals surface area contributed by atoms with Gasteiger partial charge in [0.05, 0.1) is 22.3 Å². The van der Waals surface area contributed by atoms with Crippen LogP contribution >= 0.6 is 23.2 Å². The third-order valence-electron chi connectivity index (χ3n) is 2.36. The molecule has 0 saturated carbocycles. The zero-order chi connectivity index (χ0) is 12.4. The van der Waals surface area contributed by atoms with E-state index in [1.54, 1.807) is 12.3 Å². The summed E-state index contributed by atoms with van der Waals surface area (Å²) in [5.74, 6) is -0.459. The molecule has 0 amide bonds. The lowest BCUT2D eigenvalue weighted by Gasteiger charge is -2.01. The van der Waals surface area contributed by atoms with Crippen molar-refractivity contribution >= 4 is 23.2 Å². The van der Waals surface area contributed by atoms with Crippen LogP contribution in [0.4, 0.5) is 4.39 Å². The first-order valence-electron chi connectivity index (χ1n) is 5.13. The Hall–Kier alpha value is -1.13. The summed E-state index contributed by atoms with van der Waals surface area (Å²) < 4.78 is 14.5. The number of aromatic nitrogens is 3. The first-order valence-corrected chi connectivity index (χ1v) is 5.95. The fourth-order valence-corrected chi connectivity index (χ4v) is 1.66. The topological polar surface area (TPSA) is 30.7 Å². The molecule has 2 aromatic rings. The summed E-state index contributed by atoms with van der Waals surface area (Å²) in [5.41, 5.74) is 1.34. The minimum atomic E-state index is -0.459. The highest BCUT2D eigenvalue weighted by Gasteiger charge is 2.11. The molecule has 1 aromatic carbocycles. The normalized spacial score (nSPS) is 12.7. The van der Waals surface area contributed by atoms with Crippen molar-refractivity contribution in [2.75, 3.05) is 0 Å². The molecule has 0 saturated heterocycles. The van der Waals surface area contributed by atoms with E-state index >= 15 is 0 Å². The molecule has 0 N–H and O–H groups in total. The van der Waals surface area contributed by atoms with Gasteiger partial charge in [0.15, 0.2) is 0 Å². The summed E-state index contributed by atoms with van der Waals surface area (Å²) in [6, 6.07) is 4.36. The van der Waals surface area contributed by atoms with Crippen molar-refractivity contribution in [3.8, 4) is 5.69 Å². The van der Waals surface area contributed by atoms with E-state index in [4.69, 9.17) is 23.2 Å². The van der Waals surface area contributed by atoms with Crippen LogP contribution in [0.1, 0.15) is 24.4 Å². The number of hydrogen-bond acceptors (Lipinski definition) is 2. The Labute approximate surface area is 108 Å². The molecule has 0 radical (unpaired) electrons. The highest BCUT2D eigenvalue weighted by atomic mass is 35.5. The number of alkyl halides is 1. The van der Waals surface area contributed by atoms with Crippen LogP contribution < -0.4 is 0 Å². The van der Waals surface area contributed by atoms with Gasteiger partial charge in [0.1, 0.15) is 11.5 Å². The van der Waals surface area contributed by atoms with Gasteiger partial charge in [-0.15, -0.1) is 16.7 Å². The van der Waals surface area contributed by atoms with Crippen LogP contribution in [0.25, 0.3) is 5.69 Å². The third-order valence-corrected chi connectivity index (χ3v) is 3.18. The number of nitrogens with zero attached hydrogens (tertiary/aromatic N) is 3. The predicted octanol–water partition coefficient (Wildman–Crippen LogP) is 3.75. The lowest BCUT2D eigenvalue weighted by molar-refractivity contribution is 0.627. The molecule has 1 heterocycles. The third kappa shape index (κ3) is 2.58. The first-order chi connectivity index (χ1) is 8.11. The summed E-state index contributed by atoms with van der Waals surface area (Å²) in [5, 5.41) is 7.77. The van der Waals surface area contributed by atoms with Crippen molar-refractivity contribution in [2.24, 2.45) is 0 Å². The van der Waals surface area contributed by atoms with E-state index in [9.17, 15) is 4.39 Å². The summed E-state index contributed by atoms with van der Waals surface area (Å²) in [4.78, 5) is 0. The second-order valence-electron chi connectivity index (χ2n) is 3.56. The zero-order valence-corrected chi connectivity index (χ0v) is 10.6. The fraction of sp³-hybridized carbons (Fsp3) is 0.273. The Bertz CT molecular complexity index is 527. The molecule has 0 fully saturated rings. The summed E-state index contributed by atoms with van der Waals surface area (Å²) in [6.07, 6.45) is 2.48. The summed E-state index contributed by atoms with van der Waals surface area (Å²) >= 11 is 11.7. The maximum Gasteiger partial charge on any atom is 0.141 e. The molecule has 0 aliphatic carbocycles. The molecular formula is C11H10Cl2FN3. The van der Waals surface area contributed by atoms with Crippen molar-refractivity contribution < 1.29 is 4.39 Å². The van der Waals surface area contributed by atoms with Crippen molar-refractivity contribution in [3.63, 3.8) is 0 Å². The first kappa shape index (κ1) is 12.3. The SMILES string of the molecule is CCC(Cl)c1cn(-c2ccc(F)c(Cl)c2)nn1. The van der Waals surface area contributed by atoms with Crippen LogP contribution in [0.5, 0.6) is 0 Å². The molecule has 1 unspecified atom stereocenters. The second-order valence-corrected chi connectivity index (χ2v) is 4.50. The standard InChI is InChI=1S/C11H10Cl2FN3/c1-2-8(12)11-6-17(16-15-11)7-3-4-10(14)9(13)5-7/h3-6,8H,2H2,1H3. The van der Waals surface area contributed by atoms with Gasteiger partial charge in [0.2, 0.25) is 0 Å². The van der Waals surface area contributed by atoms with Gasteiger partial charge < -0.3 is 0 Å². The van der Waals surface area contributed by atoms with Crippen molar-refractivity contribution in [1.82, 2.24) is 15.0 Å². The highest BCUT2D eigenvalue weighted by Crippen LogP contribution is 2.23. The molecule has 0 aliphatic heterocycles. The lowest BCUT2D eigenvalue weighted by Crippen LogP contribution is -1.95. The monoisotopic (exact) mass is 273 g/mol. The molecule has 1 atom stereocenters. The Kier molecular flexibility index (Phi) is 3.64. The van der Waals surface area contributed by atoms with E-state index in [-0.39, 0.29) is 10.4 Å². The van der Waals surface area contributed by atoms with E-state index in [0.717, 1.165) is 6.42 Å². The molecular weight excluding hydrogens is 264 g/mol. The van der Waals surface area contributed by atoms with Crippen LogP contribution in [0, 0.1) is 5.82 Å². The molecule has 3 nitrogen and oxygen atoms in total. The molecule has 2 rings (SSSR count). The number of benzene rings is 1. The minimum absolute atomic E-state index is 0.0532. The van der Waals surface area contributed by atoms with Crippen LogP contribution in [-0.2, 0) is 0 Å². The zero-order valence-electron chi connectivity index (χ0n) is 9.07. The summed E-state index contributed by atoms with van der Waals surface area (Å²) in [7, 11) is 0. The molecule has 0 aliphatic rings. The van der Waals surface area contributed by atoms with E-state index < -0.39 is 5.82 Å². The van der Waals surface area contributed by atoms with Crippen molar-refractivity contribution in [3.05, 3.63) is 40.9 Å². The van der Waals surface area contributed by atoms with Crippen LogP contribution in [0.15, 0.2) is 24.4 Å². The number of halogens is 3. The van der Waals surface area contributed by atoms with Gasteiger partial charge in [-0.05, 0) is 24.6 Å². The smallest absolute Gasteiger partial charge is 0.141 e. The van der Waals surface area contributed by atoms with Gasteiger partial charge in [-0.3, -0.25) is 0 Å². The molecule has 17 heavy (non-hydrogen) atoms. The van der Waals surface area contributed by atoms with E-state index in [1.165, 1.54) is 16.8 Å². The van der Waals surface area contributed by atoms with Crippen molar-refractivity contribution in [2.45, 2.75) is 18.7 Å². The summed E-state index contributed by atoms with van der Waals surface area (Å²) in [6.45, 7) is 1.96. The second kappa shape index (κ2) is 5.02. The van der Waals surface area contributed by atoms with E-state index in [1.807, 2.05) is 6.92 Å². The van der Waals surface area contributed by atoms with Gasteiger partial charge in [0, 0.05) is 0 Å². The van der Waals surface area contributed by atoms with Gasteiger partial charge in [-0.1, -0.05) is 23.7 Å². The van der Waals surface area contributed by atoms with Crippen LogP contribution in [0.2, 0.25) is 5.02 Å². The van der Waals surface area contributed by atoms with Crippen molar-refractivity contribution in [1.29, 1.82) is 0 Å². The molecule has 0 spiro atoms. The molecule has 6 heteroatoms. The number of rotatable bonds is 3. The highest BCUT2D eigenvalue weighted by molar-refractivity contribution is 6.30. The average Bonchev–Trinajstić information content (AvgIpc) is 2.81. The lowest BCUT2D eigenvalue weighted by atomic mass is 10.2. The maximum atomic E-state index is 13.0. The molecule has 0 bridgehead atoms. The molecule has 1 aromatic heterocycles. The Morgan fingerprint density at radius 1 is 1.47 bits per heavy atom. The Morgan fingerprint density at radius 3 is 2.88 bits per heavy atom. The van der Waals surface area contributed by atoms with Gasteiger partial charge >= 0.3 is 0 Å². The van der Waals surface area contributed by atoms with Gasteiger partial charge in [-0.25, -0.2) is 9.07 Å². The predicted molar refractivity (Wildman–Crippen MR) is 65.2 cm³/mol. The van der Waals surface area contributed by atoms with Crippen LogP contribution in [-0.4, -0.2) is 15.0 Å². The molecule has 90 valence electrons.